The molecule has 7 heteroatoms. The molecular weight excluding hydrogens is 358 g/mol. The molecule has 0 saturated heterocycles. The maximum Gasteiger partial charge on any atom is 0.262 e. The van der Waals surface area contributed by atoms with E-state index in [9.17, 15) is 19.2 Å². The number of hydrogen-bond donors (Lipinski definition) is 2. The van der Waals surface area contributed by atoms with Gasteiger partial charge < -0.3 is 10.6 Å². The Morgan fingerprint density at radius 3 is 2.11 bits per heavy atom. The third kappa shape index (κ3) is 4.40. The predicted molar refractivity (Wildman–Crippen MR) is 106 cm³/mol. The molecule has 1 aliphatic heterocycles. The van der Waals surface area contributed by atoms with Crippen LogP contribution in [0.25, 0.3) is 0 Å². The molecule has 1 aromatic rings. The molecule has 7 nitrogen and oxygen atoms in total. The van der Waals surface area contributed by atoms with E-state index in [0.29, 0.717) is 17.7 Å². The number of hydrogen-bond acceptors (Lipinski definition) is 4. The summed E-state index contributed by atoms with van der Waals surface area (Å²) in [6.45, 7) is 9.92. The first-order valence-corrected chi connectivity index (χ1v) is 9.70. The first kappa shape index (κ1) is 21.6. The van der Waals surface area contributed by atoms with Crippen LogP contribution in [-0.2, 0) is 4.79 Å². The Kier molecular flexibility index (Phi) is 6.59. The summed E-state index contributed by atoms with van der Waals surface area (Å²) in [6.07, 6.45) is 1.56. The number of rotatable bonds is 7. The lowest BCUT2D eigenvalue weighted by atomic mass is 10.0. The average Bonchev–Trinajstić information content (AvgIpc) is 2.89. The van der Waals surface area contributed by atoms with E-state index in [1.54, 1.807) is 20.8 Å². The van der Waals surface area contributed by atoms with Crippen LogP contribution in [0.3, 0.4) is 0 Å². The van der Waals surface area contributed by atoms with Crippen LogP contribution in [0.2, 0.25) is 0 Å². The molecule has 0 bridgehead atoms. The summed E-state index contributed by atoms with van der Waals surface area (Å²) >= 11 is 0. The van der Waals surface area contributed by atoms with Gasteiger partial charge in [0.1, 0.15) is 0 Å². The molecule has 152 valence electrons. The third-order valence-corrected chi connectivity index (χ3v) is 4.89. The molecule has 4 amide bonds. The van der Waals surface area contributed by atoms with Crippen molar-refractivity contribution in [1.29, 1.82) is 0 Å². The Labute approximate surface area is 165 Å². The fourth-order valence-corrected chi connectivity index (χ4v) is 3.26. The lowest BCUT2D eigenvalue weighted by Crippen LogP contribution is -2.45. The van der Waals surface area contributed by atoms with E-state index in [1.165, 1.54) is 23.1 Å². The van der Waals surface area contributed by atoms with Crippen LogP contribution in [0.1, 0.15) is 78.5 Å². The highest BCUT2D eigenvalue weighted by Gasteiger charge is 2.42. The van der Waals surface area contributed by atoms with Gasteiger partial charge in [0.15, 0.2) is 0 Å². The van der Waals surface area contributed by atoms with Gasteiger partial charge in [0, 0.05) is 30.1 Å². The van der Waals surface area contributed by atoms with Gasteiger partial charge in [0.25, 0.3) is 17.7 Å². The molecule has 0 fully saturated rings. The fraction of sp³-hybridized carbons (Fsp3) is 0.524. The quantitative estimate of drug-likeness (QED) is 0.555. The van der Waals surface area contributed by atoms with E-state index in [1.807, 2.05) is 13.8 Å². The van der Waals surface area contributed by atoms with Gasteiger partial charge in [-0.25, -0.2) is 0 Å². The number of nitrogens with zero attached hydrogens (tertiary/aromatic N) is 1. The first-order chi connectivity index (χ1) is 13.1. The summed E-state index contributed by atoms with van der Waals surface area (Å²) < 4.78 is 0. The van der Waals surface area contributed by atoms with Gasteiger partial charge in [0.2, 0.25) is 5.91 Å². The summed E-state index contributed by atoms with van der Waals surface area (Å²) in [4.78, 5) is 50.6. The van der Waals surface area contributed by atoms with E-state index in [0.717, 1.165) is 12.8 Å². The second kappa shape index (κ2) is 8.54. The standard InChI is InChI=1S/C21H29N3O4/c1-6-13(7-2)17(25)22-10-11-23-18(26)14-8-9-15-16(12-14)20(28)24(19(15)27)21(3,4)5/h8-9,12-13H,6-7,10-11H2,1-5H3,(H,22,25)(H,23,26). The van der Waals surface area contributed by atoms with E-state index < -0.39 is 5.54 Å². The van der Waals surface area contributed by atoms with Crippen LogP contribution in [0, 0.1) is 5.92 Å². The van der Waals surface area contributed by atoms with Crippen molar-refractivity contribution in [2.24, 2.45) is 5.92 Å². The second-order valence-corrected chi connectivity index (χ2v) is 7.94. The van der Waals surface area contributed by atoms with Crippen molar-refractivity contribution in [2.45, 2.75) is 53.0 Å². The van der Waals surface area contributed by atoms with Gasteiger partial charge in [-0.3, -0.25) is 24.1 Å². The average molecular weight is 387 g/mol. The summed E-state index contributed by atoms with van der Waals surface area (Å²) in [5.74, 6) is -1.11. The molecule has 0 radical (unpaired) electrons. The first-order valence-electron chi connectivity index (χ1n) is 9.70. The number of carbonyl (C=O) groups excluding carboxylic acids is 4. The van der Waals surface area contributed by atoms with Gasteiger partial charge in [-0.05, 0) is 51.8 Å². The highest BCUT2D eigenvalue weighted by atomic mass is 16.2. The van der Waals surface area contributed by atoms with Gasteiger partial charge in [-0.15, -0.1) is 0 Å². The molecule has 0 saturated carbocycles. The maximum absolute atomic E-state index is 12.6. The van der Waals surface area contributed by atoms with Crippen LogP contribution in [-0.4, -0.2) is 47.2 Å². The SMILES string of the molecule is CCC(CC)C(=O)NCCNC(=O)c1ccc2c(c1)C(=O)N(C(C)(C)C)C2=O. The highest BCUT2D eigenvalue weighted by molar-refractivity contribution is 6.22. The smallest absolute Gasteiger partial charge is 0.262 e. The summed E-state index contributed by atoms with van der Waals surface area (Å²) in [5, 5.41) is 5.53. The molecule has 0 aromatic heterocycles. The van der Waals surface area contributed by atoms with E-state index in [-0.39, 0.29) is 41.7 Å². The minimum atomic E-state index is -0.636. The Morgan fingerprint density at radius 2 is 1.54 bits per heavy atom. The maximum atomic E-state index is 12.6. The zero-order valence-corrected chi connectivity index (χ0v) is 17.2. The third-order valence-electron chi connectivity index (χ3n) is 4.89. The van der Waals surface area contributed by atoms with Crippen molar-refractivity contribution in [2.75, 3.05) is 13.1 Å². The summed E-state index contributed by atoms with van der Waals surface area (Å²) in [7, 11) is 0. The Morgan fingerprint density at radius 1 is 0.964 bits per heavy atom. The van der Waals surface area contributed by atoms with Crippen LogP contribution in [0.4, 0.5) is 0 Å². The zero-order valence-electron chi connectivity index (χ0n) is 17.2. The van der Waals surface area contributed by atoms with Crippen LogP contribution in [0.5, 0.6) is 0 Å². The molecule has 1 heterocycles. The lowest BCUT2D eigenvalue weighted by molar-refractivity contribution is -0.125. The molecule has 0 atom stereocenters. The molecular formula is C21H29N3O4. The van der Waals surface area contributed by atoms with Crippen molar-refractivity contribution < 1.29 is 19.2 Å². The molecule has 1 aromatic carbocycles. The topological polar surface area (TPSA) is 95.6 Å². The number of nitrogens with one attached hydrogen (secondary N) is 2. The van der Waals surface area contributed by atoms with Gasteiger partial charge in [0.05, 0.1) is 11.1 Å². The van der Waals surface area contributed by atoms with E-state index in [4.69, 9.17) is 0 Å². The van der Waals surface area contributed by atoms with Crippen molar-refractivity contribution in [3.63, 3.8) is 0 Å². The minimum Gasteiger partial charge on any atom is -0.354 e. The highest BCUT2D eigenvalue weighted by Crippen LogP contribution is 2.29. The lowest BCUT2D eigenvalue weighted by Gasteiger charge is -2.29. The number of carbonyl (C=O) groups is 4. The number of benzene rings is 1. The zero-order chi connectivity index (χ0) is 21.1. The van der Waals surface area contributed by atoms with Crippen LogP contribution < -0.4 is 10.6 Å². The summed E-state index contributed by atoms with van der Waals surface area (Å²) in [5.41, 5.74) is 0.230. The molecule has 1 aliphatic rings. The Bertz CT molecular complexity index is 791. The predicted octanol–water partition coefficient (Wildman–Crippen LogP) is 2.36. The van der Waals surface area contributed by atoms with E-state index in [2.05, 4.69) is 10.6 Å². The van der Waals surface area contributed by atoms with Crippen molar-refractivity contribution in [3.8, 4) is 0 Å². The normalized spacial score (nSPS) is 13.7. The number of imide groups is 1. The number of fused-ring (bicyclic) bond motifs is 1. The molecule has 2 rings (SSSR count). The number of amides is 4. The van der Waals surface area contributed by atoms with Gasteiger partial charge >= 0.3 is 0 Å². The molecule has 0 unspecified atom stereocenters. The van der Waals surface area contributed by atoms with Crippen LogP contribution >= 0.6 is 0 Å². The monoisotopic (exact) mass is 387 g/mol. The minimum absolute atomic E-state index is 0.0110. The Hall–Kier alpha value is -2.70. The second-order valence-electron chi connectivity index (χ2n) is 7.94. The van der Waals surface area contributed by atoms with Crippen molar-refractivity contribution in [3.05, 3.63) is 34.9 Å². The molecule has 28 heavy (non-hydrogen) atoms. The van der Waals surface area contributed by atoms with Crippen LogP contribution in [0.15, 0.2) is 18.2 Å². The largest absolute Gasteiger partial charge is 0.354 e. The van der Waals surface area contributed by atoms with Crippen molar-refractivity contribution in [1.82, 2.24) is 15.5 Å². The molecule has 0 spiro atoms. The van der Waals surface area contributed by atoms with Gasteiger partial charge in [-0.1, -0.05) is 13.8 Å². The van der Waals surface area contributed by atoms with E-state index >= 15 is 0 Å². The molecule has 0 aliphatic carbocycles. The Balaban J connectivity index is 1.99. The summed E-state index contributed by atoms with van der Waals surface area (Å²) in [6, 6.07) is 4.51. The van der Waals surface area contributed by atoms with Gasteiger partial charge in [-0.2, -0.15) is 0 Å². The molecule has 2 N–H and O–H groups in total. The fourth-order valence-electron chi connectivity index (χ4n) is 3.26. The van der Waals surface area contributed by atoms with Crippen molar-refractivity contribution >= 4 is 23.6 Å².